The normalized spacial score (nSPS) is 21.4. The van der Waals surface area contributed by atoms with Crippen molar-refractivity contribution < 1.29 is 22.4 Å². The van der Waals surface area contributed by atoms with Crippen LogP contribution in [0.4, 0.5) is 13.2 Å². The molecule has 3 aliphatic rings. The van der Waals surface area contributed by atoms with Crippen LogP contribution >= 0.6 is 0 Å². The Morgan fingerprint density at radius 2 is 1.64 bits per heavy atom. The first-order valence-corrected chi connectivity index (χ1v) is 18.6. The molecule has 1 aromatic carbocycles. The highest BCUT2D eigenvalue weighted by atomic mass is 28.4. The number of hydrogen-bond acceptors (Lipinski definition) is 3. The number of ketones is 1. The molecular formula is C35H46F3NO2Si-. The van der Waals surface area contributed by atoms with E-state index in [2.05, 4.69) is 53.8 Å². The van der Waals surface area contributed by atoms with Gasteiger partial charge in [0.25, 0.3) is 0 Å². The van der Waals surface area contributed by atoms with E-state index >= 15 is 0 Å². The standard InChI is InChI=1S/C35H46F3NO2Si/c1-33(2,3)42(6,7)41-27-21-34(4,5)20-26-29(27)28(22-12-8-9-13-22)30(31(39-26)23-14-10-11-15-23)32(40)24-16-18-25(19-17-24)35(36,37)38/h14,16-19,22,27H,8-13,15,20-21H2,1-7H3/q-1/t27-/m0/s1. The minimum atomic E-state index is -4.45. The Labute approximate surface area is 250 Å². The number of pyridine rings is 1. The first kappa shape index (κ1) is 31.2. The summed E-state index contributed by atoms with van der Waals surface area (Å²) >= 11 is 0. The molecule has 0 bridgehead atoms. The third-order valence-corrected chi connectivity index (χ3v) is 14.6. The lowest BCUT2D eigenvalue weighted by Gasteiger charge is -2.53. The number of allylic oxidation sites excluding steroid dienone is 2. The molecule has 1 fully saturated rings. The smallest absolute Gasteiger partial charge is 0.416 e. The number of hydrogen-bond donors (Lipinski definition) is 0. The van der Waals surface area contributed by atoms with Gasteiger partial charge in [0.2, 0.25) is 0 Å². The maximum Gasteiger partial charge on any atom is 0.416 e. The molecule has 2 aromatic rings. The van der Waals surface area contributed by atoms with Crippen molar-refractivity contribution in [3.63, 3.8) is 0 Å². The van der Waals surface area contributed by atoms with Gasteiger partial charge < -0.3 is 4.43 Å². The second kappa shape index (κ2) is 11.0. The van der Waals surface area contributed by atoms with E-state index in [1.165, 1.54) is 12.1 Å². The zero-order chi connectivity index (χ0) is 30.7. The fourth-order valence-electron chi connectivity index (χ4n) is 6.87. The molecule has 229 valence electrons. The molecule has 0 spiro atoms. The van der Waals surface area contributed by atoms with Crippen LogP contribution in [0.2, 0.25) is 18.1 Å². The first-order valence-electron chi connectivity index (χ1n) is 15.6. The number of benzene rings is 1. The SMILES string of the molecule is CC1(C)Cc2nc(C3=CCCC3)c(C(=O)c3ccc(C(F)(F)F)cc3)c(C3CCCC3)c2[C@@H](O[Si-](C)(C)C(C)(C)C)C1. The molecule has 0 amide bonds. The summed E-state index contributed by atoms with van der Waals surface area (Å²) in [4.78, 5) is 19.9. The fourth-order valence-corrected chi connectivity index (χ4v) is 8.13. The van der Waals surface area contributed by atoms with Crippen molar-refractivity contribution in [3.8, 4) is 0 Å². The average molecular weight is 598 g/mol. The summed E-state index contributed by atoms with van der Waals surface area (Å²) in [6, 6.07) is 4.72. The van der Waals surface area contributed by atoms with E-state index < -0.39 is 20.1 Å². The van der Waals surface area contributed by atoms with Crippen molar-refractivity contribution in [1.82, 2.24) is 4.98 Å². The van der Waals surface area contributed by atoms with Crippen molar-refractivity contribution in [1.29, 1.82) is 0 Å². The Bertz CT molecular complexity index is 1380. The summed E-state index contributed by atoms with van der Waals surface area (Å²) in [5.74, 6) is -0.0118. The molecule has 7 heteroatoms. The van der Waals surface area contributed by atoms with Crippen molar-refractivity contribution >= 4 is 19.7 Å². The summed E-state index contributed by atoms with van der Waals surface area (Å²) < 4.78 is 47.4. The number of aromatic nitrogens is 1. The van der Waals surface area contributed by atoms with E-state index in [1.54, 1.807) is 0 Å². The van der Waals surface area contributed by atoms with E-state index in [1.807, 2.05) is 0 Å². The number of carbonyl (C=O) groups excluding carboxylic acids is 1. The zero-order valence-corrected chi connectivity index (χ0v) is 27.3. The monoisotopic (exact) mass is 597 g/mol. The third-order valence-electron chi connectivity index (χ3n) is 10.1. The van der Waals surface area contributed by atoms with Gasteiger partial charge in [-0.15, -0.1) is 18.1 Å². The molecule has 3 nitrogen and oxygen atoms in total. The minimum Gasteiger partial charge on any atom is -0.559 e. The Morgan fingerprint density at radius 1 is 1.00 bits per heavy atom. The van der Waals surface area contributed by atoms with Crippen molar-refractivity contribution in [2.45, 2.75) is 129 Å². The Morgan fingerprint density at radius 3 is 2.19 bits per heavy atom. The largest absolute Gasteiger partial charge is 0.559 e. The number of alkyl halides is 3. The van der Waals surface area contributed by atoms with Crippen LogP contribution in [-0.4, -0.2) is 19.1 Å². The fraction of sp³-hybridized carbons (Fsp3) is 0.600. The van der Waals surface area contributed by atoms with Crippen molar-refractivity contribution in [3.05, 3.63) is 69.5 Å². The highest BCUT2D eigenvalue weighted by Gasteiger charge is 2.42. The number of carbonyl (C=O) groups is 1. The van der Waals surface area contributed by atoms with E-state index in [0.717, 1.165) is 98.0 Å². The van der Waals surface area contributed by atoms with Gasteiger partial charge in [0.05, 0.1) is 16.8 Å². The minimum absolute atomic E-state index is 0.0136. The molecule has 0 aliphatic heterocycles. The Balaban J connectivity index is 1.77. The van der Waals surface area contributed by atoms with Gasteiger partial charge in [-0.3, -0.25) is 9.78 Å². The van der Waals surface area contributed by atoms with Crippen molar-refractivity contribution in [2.75, 3.05) is 0 Å². The highest BCUT2D eigenvalue weighted by Crippen LogP contribution is 2.52. The van der Waals surface area contributed by atoms with Crippen LogP contribution in [0.1, 0.15) is 142 Å². The van der Waals surface area contributed by atoms with Crippen LogP contribution in [0.5, 0.6) is 0 Å². The van der Waals surface area contributed by atoms with Crippen LogP contribution in [0.3, 0.4) is 0 Å². The highest BCUT2D eigenvalue weighted by molar-refractivity contribution is 6.74. The quantitative estimate of drug-likeness (QED) is 0.246. The van der Waals surface area contributed by atoms with Gasteiger partial charge in [-0.1, -0.05) is 65.7 Å². The number of halogens is 3. The molecule has 0 saturated heterocycles. The van der Waals surface area contributed by atoms with E-state index in [4.69, 9.17) is 9.41 Å². The predicted molar refractivity (Wildman–Crippen MR) is 165 cm³/mol. The zero-order valence-electron chi connectivity index (χ0n) is 26.3. The van der Waals surface area contributed by atoms with Gasteiger partial charge in [0.1, 0.15) is 0 Å². The molecule has 42 heavy (non-hydrogen) atoms. The summed E-state index contributed by atoms with van der Waals surface area (Å²) in [6.07, 6.45) is 6.27. The lowest BCUT2D eigenvalue weighted by Crippen LogP contribution is -2.44. The van der Waals surface area contributed by atoms with Crippen LogP contribution in [0.15, 0.2) is 30.3 Å². The second-order valence-corrected chi connectivity index (χ2v) is 19.8. The van der Waals surface area contributed by atoms with Crippen LogP contribution < -0.4 is 0 Å². The third kappa shape index (κ3) is 6.06. The lowest BCUT2D eigenvalue weighted by molar-refractivity contribution is -0.137. The average Bonchev–Trinajstić information content (AvgIpc) is 3.60. The predicted octanol–water partition coefficient (Wildman–Crippen LogP) is 10.6. The molecule has 1 aromatic heterocycles. The van der Waals surface area contributed by atoms with Gasteiger partial charge in [0, 0.05) is 22.9 Å². The first-order chi connectivity index (χ1) is 19.5. The topological polar surface area (TPSA) is 39.2 Å². The van der Waals surface area contributed by atoms with Gasteiger partial charge in [0.15, 0.2) is 5.78 Å². The summed E-state index contributed by atoms with van der Waals surface area (Å²) in [6.45, 7) is 15.9. The molecule has 3 aliphatic carbocycles. The number of rotatable bonds is 6. The summed E-state index contributed by atoms with van der Waals surface area (Å²) in [7, 11) is -2.19. The molecule has 1 atom stereocenters. The Kier molecular flexibility index (Phi) is 8.19. The van der Waals surface area contributed by atoms with Gasteiger partial charge in [-0.25, -0.2) is 0 Å². The molecule has 5 rings (SSSR count). The molecular weight excluding hydrogens is 551 g/mol. The maximum absolute atomic E-state index is 14.5. The van der Waals surface area contributed by atoms with E-state index in [0.29, 0.717) is 5.56 Å². The van der Waals surface area contributed by atoms with E-state index in [9.17, 15) is 18.0 Å². The van der Waals surface area contributed by atoms with Gasteiger partial charge >= 0.3 is 6.18 Å². The van der Waals surface area contributed by atoms with Gasteiger partial charge in [-0.05, 0) is 87.9 Å². The lowest BCUT2D eigenvalue weighted by atomic mass is 9.70. The molecule has 1 heterocycles. The van der Waals surface area contributed by atoms with Crippen LogP contribution in [0.25, 0.3) is 5.57 Å². The number of fused-ring (bicyclic) bond motifs is 1. The second-order valence-electron chi connectivity index (χ2n) is 15.0. The van der Waals surface area contributed by atoms with Crippen LogP contribution in [-0.2, 0) is 17.0 Å². The maximum atomic E-state index is 14.5. The number of nitrogens with zero attached hydrogens (tertiary/aromatic N) is 1. The molecule has 1 saturated carbocycles. The molecule has 0 N–H and O–H groups in total. The summed E-state index contributed by atoms with van der Waals surface area (Å²) in [5, 5.41) is 0.0170. The molecule has 0 unspecified atom stereocenters. The Hall–Kier alpha value is -2.25. The van der Waals surface area contributed by atoms with Gasteiger partial charge in [-0.2, -0.15) is 13.2 Å². The van der Waals surface area contributed by atoms with Crippen LogP contribution in [0, 0.1) is 5.41 Å². The summed E-state index contributed by atoms with van der Waals surface area (Å²) in [5.41, 5.74) is 5.19. The van der Waals surface area contributed by atoms with E-state index in [-0.39, 0.29) is 33.8 Å². The van der Waals surface area contributed by atoms with Crippen molar-refractivity contribution in [2.24, 2.45) is 5.41 Å². The molecule has 0 radical (unpaired) electrons.